The lowest BCUT2D eigenvalue weighted by atomic mass is 9.99. The molecule has 5 heteroatoms. The number of amides is 1. The highest BCUT2D eigenvalue weighted by Gasteiger charge is 2.28. The number of carboxylic acids is 1. The third-order valence-electron chi connectivity index (χ3n) is 3.71. The number of carbonyl (C=O) groups is 2. The highest BCUT2D eigenvalue weighted by molar-refractivity contribution is 5.79. The summed E-state index contributed by atoms with van der Waals surface area (Å²) in [5.74, 6) is -0.336. The molecule has 0 bridgehead atoms. The maximum absolute atomic E-state index is 12.3. The Kier molecular flexibility index (Phi) is 5.20. The molecule has 0 spiro atoms. The van der Waals surface area contributed by atoms with Crippen LogP contribution in [0.1, 0.15) is 31.2 Å². The van der Waals surface area contributed by atoms with Gasteiger partial charge in [0.15, 0.2) is 6.61 Å². The normalized spacial score (nSPS) is 18.3. The van der Waals surface area contributed by atoms with Gasteiger partial charge >= 0.3 is 5.97 Å². The molecule has 0 saturated carbocycles. The standard InChI is InChI=1S/C16H21NO4/c1-12-5-4-7-14(9-12)21-11-15(18)17-8-3-2-6-13(17)10-16(19)20/h4-5,7,9,13H,2-3,6,8,10-11H2,1H3,(H,19,20). The van der Waals surface area contributed by atoms with Crippen LogP contribution < -0.4 is 4.74 Å². The Labute approximate surface area is 124 Å². The second-order valence-corrected chi connectivity index (χ2v) is 5.44. The lowest BCUT2D eigenvalue weighted by molar-refractivity contribution is -0.142. The highest BCUT2D eigenvalue weighted by Crippen LogP contribution is 2.20. The number of carboxylic acid groups (broad SMARTS) is 1. The molecule has 1 saturated heterocycles. The van der Waals surface area contributed by atoms with Gasteiger partial charge in [-0.15, -0.1) is 0 Å². The maximum atomic E-state index is 12.3. The molecule has 0 radical (unpaired) electrons. The van der Waals surface area contributed by atoms with Gasteiger partial charge in [0.25, 0.3) is 5.91 Å². The number of benzene rings is 1. The molecule has 1 heterocycles. The second-order valence-electron chi connectivity index (χ2n) is 5.44. The predicted molar refractivity (Wildman–Crippen MR) is 78.3 cm³/mol. The van der Waals surface area contributed by atoms with Crippen molar-refractivity contribution in [2.45, 2.75) is 38.6 Å². The first-order chi connectivity index (χ1) is 10.1. The number of aryl methyl sites for hydroxylation is 1. The molecule has 0 aromatic heterocycles. The van der Waals surface area contributed by atoms with Gasteiger partial charge in [0.1, 0.15) is 5.75 Å². The van der Waals surface area contributed by atoms with Crippen LogP contribution in [0.15, 0.2) is 24.3 Å². The number of likely N-dealkylation sites (tertiary alicyclic amines) is 1. The third kappa shape index (κ3) is 4.48. The van der Waals surface area contributed by atoms with E-state index in [4.69, 9.17) is 9.84 Å². The maximum Gasteiger partial charge on any atom is 0.305 e. The van der Waals surface area contributed by atoms with Gasteiger partial charge in [0, 0.05) is 12.6 Å². The van der Waals surface area contributed by atoms with Crippen molar-refractivity contribution in [3.63, 3.8) is 0 Å². The second kappa shape index (κ2) is 7.11. The van der Waals surface area contributed by atoms with Gasteiger partial charge in [0.05, 0.1) is 6.42 Å². The minimum atomic E-state index is -0.862. The van der Waals surface area contributed by atoms with E-state index in [1.807, 2.05) is 31.2 Å². The van der Waals surface area contributed by atoms with Crippen molar-refractivity contribution < 1.29 is 19.4 Å². The van der Waals surface area contributed by atoms with Crippen LogP contribution in [0.4, 0.5) is 0 Å². The van der Waals surface area contributed by atoms with E-state index in [2.05, 4.69) is 0 Å². The van der Waals surface area contributed by atoms with Crippen molar-refractivity contribution >= 4 is 11.9 Å². The van der Waals surface area contributed by atoms with Crippen molar-refractivity contribution in [3.05, 3.63) is 29.8 Å². The largest absolute Gasteiger partial charge is 0.484 e. The zero-order valence-corrected chi connectivity index (χ0v) is 12.2. The SMILES string of the molecule is Cc1cccc(OCC(=O)N2CCCCC2CC(=O)O)c1. The van der Waals surface area contributed by atoms with Crippen LogP contribution in [-0.2, 0) is 9.59 Å². The van der Waals surface area contributed by atoms with Gasteiger partial charge in [-0.25, -0.2) is 0 Å². The van der Waals surface area contributed by atoms with E-state index < -0.39 is 5.97 Å². The number of nitrogens with zero attached hydrogens (tertiary/aromatic N) is 1. The molecule has 1 aromatic carbocycles. The van der Waals surface area contributed by atoms with Gasteiger partial charge < -0.3 is 14.7 Å². The fourth-order valence-electron chi connectivity index (χ4n) is 2.68. The first-order valence-corrected chi connectivity index (χ1v) is 7.27. The van der Waals surface area contributed by atoms with Crippen LogP contribution >= 0.6 is 0 Å². The lowest BCUT2D eigenvalue weighted by Gasteiger charge is -2.34. The molecule has 0 aliphatic carbocycles. The summed E-state index contributed by atoms with van der Waals surface area (Å²) in [5.41, 5.74) is 1.07. The van der Waals surface area contributed by atoms with Crippen molar-refractivity contribution in [3.8, 4) is 5.75 Å². The summed E-state index contributed by atoms with van der Waals surface area (Å²) in [5, 5.41) is 8.93. The Morgan fingerprint density at radius 2 is 2.19 bits per heavy atom. The fourth-order valence-corrected chi connectivity index (χ4v) is 2.68. The van der Waals surface area contributed by atoms with Crippen LogP contribution in [0.2, 0.25) is 0 Å². The minimum Gasteiger partial charge on any atom is -0.484 e. The van der Waals surface area contributed by atoms with Gasteiger partial charge in [-0.05, 0) is 43.9 Å². The molecule has 1 amide bonds. The molecular weight excluding hydrogens is 270 g/mol. The fraction of sp³-hybridized carbons (Fsp3) is 0.500. The summed E-state index contributed by atoms with van der Waals surface area (Å²) in [4.78, 5) is 24.8. The molecule has 1 aliphatic rings. The van der Waals surface area contributed by atoms with E-state index in [0.29, 0.717) is 12.3 Å². The Balaban J connectivity index is 1.92. The molecule has 1 fully saturated rings. The minimum absolute atomic E-state index is 0.0101. The first-order valence-electron chi connectivity index (χ1n) is 7.27. The predicted octanol–water partition coefficient (Wildman–Crippen LogP) is 2.23. The molecular formula is C16H21NO4. The summed E-state index contributed by atoms with van der Waals surface area (Å²) in [7, 11) is 0. The van der Waals surface area contributed by atoms with Gasteiger partial charge in [0.2, 0.25) is 0 Å². The van der Waals surface area contributed by atoms with Crippen molar-refractivity contribution in [1.29, 1.82) is 0 Å². The highest BCUT2D eigenvalue weighted by atomic mass is 16.5. The van der Waals surface area contributed by atoms with Crippen molar-refractivity contribution in [2.24, 2.45) is 0 Å². The molecule has 1 atom stereocenters. The van der Waals surface area contributed by atoms with Gasteiger partial charge in [-0.3, -0.25) is 9.59 Å². The molecule has 114 valence electrons. The van der Waals surface area contributed by atoms with Crippen LogP contribution in [0.25, 0.3) is 0 Å². The smallest absolute Gasteiger partial charge is 0.305 e. The lowest BCUT2D eigenvalue weighted by Crippen LogP contribution is -2.46. The summed E-state index contributed by atoms with van der Waals surface area (Å²) < 4.78 is 5.52. The molecule has 21 heavy (non-hydrogen) atoms. The van der Waals surface area contributed by atoms with Crippen LogP contribution in [0, 0.1) is 6.92 Å². The Hall–Kier alpha value is -2.04. The number of ether oxygens (including phenoxy) is 1. The van der Waals surface area contributed by atoms with E-state index >= 15 is 0 Å². The van der Waals surface area contributed by atoms with Gasteiger partial charge in [-0.1, -0.05) is 12.1 Å². The molecule has 1 aromatic rings. The number of hydrogen-bond donors (Lipinski definition) is 1. The van der Waals surface area contributed by atoms with Gasteiger partial charge in [-0.2, -0.15) is 0 Å². The van der Waals surface area contributed by atoms with E-state index in [0.717, 1.165) is 24.8 Å². The van der Waals surface area contributed by atoms with Crippen LogP contribution in [0.3, 0.4) is 0 Å². The zero-order chi connectivity index (χ0) is 15.2. The number of rotatable bonds is 5. The van der Waals surface area contributed by atoms with Crippen molar-refractivity contribution in [1.82, 2.24) is 4.90 Å². The van der Waals surface area contributed by atoms with Crippen LogP contribution in [-0.4, -0.2) is 41.1 Å². The van der Waals surface area contributed by atoms with E-state index in [1.54, 1.807) is 4.90 Å². The summed E-state index contributed by atoms with van der Waals surface area (Å²) in [6.45, 7) is 2.54. The zero-order valence-electron chi connectivity index (χ0n) is 12.2. The number of piperidine rings is 1. The molecule has 1 N–H and O–H groups in total. The van der Waals surface area contributed by atoms with Crippen LogP contribution in [0.5, 0.6) is 5.75 Å². The monoisotopic (exact) mass is 291 g/mol. The van der Waals surface area contributed by atoms with E-state index in [9.17, 15) is 9.59 Å². The van der Waals surface area contributed by atoms with E-state index in [-0.39, 0.29) is 25.0 Å². The molecule has 1 unspecified atom stereocenters. The van der Waals surface area contributed by atoms with Crippen molar-refractivity contribution in [2.75, 3.05) is 13.2 Å². The average molecular weight is 291 g/mol. The van der Waals surface area contributed by atoms with E-state index in [1.165, 1.54) is 0 Å². The number of carbonyl (C=O) groups excluding carboxylic acids is 1. The topological polar surface area (TPSA) is 66.8 Å². The quantitative estimate of drug-likeness (QED) is 0.903. The Morgan fingerprint density at radius 1 is 1.38 bits per heavy atom. The third-order valence-corrected chi connectivity index (χ3v) is 3.71. The first kappa shape index (κ1) is 15.4. The molecule has 5 nitrogen and oxygen atoms in total. The molecule has 2 rings (SSSR count). The number of hydrogen-bond acceptors (Lipinski definition) is 3. The summed E-state index contributed by atoms with van der Waals surface area (Å²) in [6, 6.07) is 7.32. The summed E-state index contributed by atoms with van der Waals surface area (Å²) >= 11 is 0. The molecule has 1 aliphatic heterocycles. The summed E-state index contributed by atoms with van der Waals surface area (Å²) in [6.07, 6.45) is 2.66. The Bertz CT molecular complexity index is 515. The Morgan fingerprint density at radius 3 is 2.90 bits per heavy atom. The number of aliphatic carboxylic acids is 1. The average Bonchev–Trinajstić information content (AvgIpc) is 2.45.